The first kappa shape index (κ1) is 22.7. The summed E-state index contributed by atoms with van der Waals surface area (Å²) in [5.74, 6) is 1.79. The molecule has 0 radical (unpaired) electrons. The first-order chi connectivity index (χ1) is 16.4. The zero-order valence-electron chi connectivity index (χ0n) is 20.3. The average molecular weight is 459 g/mol. The van der Waals surface area contributed by atoms with Gasteiger partial charge in [0.2, 0.25) is 0 Å². The number of nitrogens with zero attached hydrogens (tertiary/aromatic N) is 4. The number of fused-ring (bicyclic) bond motifs is 1. The van der Waals surface area contributed by atoms with Crippen molar-refractivity contribution in [3.8, 4) is 17.6 Å². The quantitative estimate of drug-likeness (QED) is 0.653. The Balaban J connectivity index is 1.17. The van der Waals surface area contributed by atoms with E-state index in [-0.39, 0.29) is 5.60 Å². The Hall–Kier alpha value is -3.04. The van der Waals surface area contributed by atoms with Crippen LogP contribution in [-0.2, 0) is 6.54 Å². The second kappa shape index (κ2) is 8.96. The smallest absolute Gasteiger partial charge is 0.166 e. The van der Waals surface area contributed by atoms with Crippen LogP contribution in [0.4, 0.5) is 0 Å². The van der Waals surface area contributed by atoms with Crippen LogP contribution in [0, 0.1) is 16.7 Å². The molecule has 1 aromatic carbocycles. The summed E-state index contributed by atoms with van der Waals surface area (Å²) in [4.78, 5) is 9.03. The van der Waals surface area contributed by atoms with Crippen molar-refractivity contribution in [2.75, 3.05) is 32.8 Å². The van der Waals surface area contributed by atoms with E-state index in [2.05, 4.69) is 53.4 Å². The van der Waals surface area contributed by atoms with Gasteiger partial charge in [-0.2, -0.15) is 5.26 Å². The molecule has 2 saturated heterocycles. The van der Waals surface area contributed by atoms with Crippen LogP contribution in [0.1, 0.15) is 56.4 Å². The molecular weight excluding hydrogens is 424 g/mol. The maximum Gasteiger partial charge on any atom is 0.166 e. The Morgan fingerprint density at radius 1 is 1.12 bits per heavy atom. The highest BCUT2D eigenvalue weighted by atomic mass is 16.6. The van der Waals surface area contributed by atoms with Crippen LogP contribution in [0.2, 0.25) is 0 Å². The molecule has 6 nitrogen and oxygen atoms in total. The Labute approximate surface area is 202 Å². The molecule has 2 fully saturated rings. The number of rotatable bonds is 4. The van der Waals surface area contributed by atoms with Gasteiger partial charge in [0.1, 0.15) is 24.0 Å². The molecule has 0 saturated carbocycles. The maximum absolute atomic E-state index is 9.14. The van der Waals surface area contributed by atoms with Crippen LogP contribution < -0.4 is 9.47 Å². The van der Waals surface area contributed by atoms with Crippen molar-refractivity contribution in [2.24, 2.45) is 5.41 Å². The summed E-state index contributed by atoms with van der Waals surface area (Å²) in [6.45, 7) is 14.2. The van der Waals surface area contributed by atoms with Crippen LogP contribution in [-0.4, -0.2) is 53.2 Å². The van der Waals surface area contributed by atoms with Crippen LogP contribution in [0.3, 0.4) is 0 Å². The summed E-state index contributed by atoms with van der Waals surface area (Å²) in [5.41, 5.74) is 3.81. The van der Waals surface area contributed by atoms with Gasteiger partial charge in [-0.05, 0) is 76.2 Å². The van der Waals surface area contributed by atoms with Gasteiger partial charge in [-0.25, -0.2) is 4.98 Å². The minimum atomic E-state index is -0.292. The molecule has 0 bridgehead atoms. The highest BCUT2D eigenvalue weighted by Crippen LogP contribution is 2.44. The summed E-state index contributed by atoms with van der Waals surface area (Å²) >= 11 is 0. The number of piperidine rings is 2. The molecule has 34 heavy (non-hydrogen) atoms. The topological polar surface area (TPSA) is 61.6 Å². The number of ether oxygens (including phenoxy) is 2. The minimum Gasteiger partial charge on any atom is -0.486 e. The highest BCUT2D eigenvalue weighted by Gasteiger charge is 2.38. The van der Waals surface area contributed by atoms with Gasteiger partial charge < -0.3 is 14.4 Å². The van der Waals surface area contributed by atoms with Crippen molar-refractivity contribution in [1.82, 2.24) is 14.8 Å². The van der Waals surface area contributed by atoms with E-state index in [0.29, 0.717) is 17.7 Å². The van der Waals surface area contributed by atoms with E-state index < -0.39 is 0 Å². The summed E-state index contributed by atoms with van der Waals surface area (Å²) in [5, 5.41) is 9.14. The Morgan fingerprint density at radius 3 is 2.59 bits per heavy atom. The summed E-state index contributed by atoms with van der Waals surface area (Å²) in [7, 11) is 0. The van der Waals surface area contributed by atoms with Gasteiger partial charge in [-0.1, -0.05) is 18.7 Å². The number of para-hydroxylation sites is 1. The zero-order valence-corrected chi connectivity index (χ0v) is 20.3. The molecule has 4 heterocycles. The lowest BCUT2D eigenvalue weighted by atomic mass is 9.71. The fourth-order valence-corrected chi connectivity index (χ4v) is 5.50. The van der Waals surface area contributed by atoms with Gasteiger partial charge in [0, 0.05) is 42.7 Å². The van der Waals surface area contributed by atoms with Crippen molar-refractivity contribution in [3.63, 3.8) is 0 Å². The van der Waals surface area contributed by atoms with E-state index in [4.69, 9.17) is 14.7 Å². The molecule has 178 valence electrons. The first-order valence-corrected chi connectivity index (χ1v) is 12.3. The van der Waals surface area contributed by atoms with E-state index in [1.54, 1.807) is 6.20 Å². The number of nitriles is 1. The molecule has 3 aliphatic rings. The fourth-order valence-electron chi connectivity index (χ4n) is 5.50. The fraction of sp³-hybridized carbons (Fsp3) is 0.500. The molecule has 0 atom stereocenters. The van der Waals surface area contributed by atoms with Crippen LogP contribution in [0.15, 0.2) is 43.1 Å². The number of aromatic nitrogens is 1. The molecule has 5 rings (SSSR count). The van der Waals surface area contributed by atoms with E-state index in [9.17, 15) is 0 Å². The monoisotopic (exact) mass is 458 g/mol. The van der Waals surface area contributed by atoms with Gasteiger partial charge >= 0.3 is 0 Å². The van der Waals surface area contributed by atoms with E-state index in [1.165, 1.54) is 31.2 Å². The SMILES string of the molecule is C=C(c1ccnc(C#N)c1)N1CCC2(CCN(Cc3cccc4c3OC(C)(C)CO4)CC2)CC1. The first-order valence-electron chi connectivity index (χ1n) is 12.3. The molecule has 2 aromatic rings. The molecular formula is C28H34N4O2. The number of hydrogen-bond donors (Lipinski definition) is 0. The van der Waals surface area contributed by atoms with Gasteiger partial charge in [-0.3, -0.25) is 4.90 Å². The standard InChI is InChI=1S/C28H34N4O2/c1-21(22-7-12-30-24(17-22)18-29)32-15-10-28(11-16-32)8-13-31(14-9-28)19-23-5-4-6-25-26(23)34-27(2,3)20-33-25/h4-7,12,17H,1,8-11,13-16,19-20H2,2-3H3. The van der Waals surface area contributed by atoms with Crippen molar-refractivity contribution >= 4 is 5.70 Å². The van der Waals surface area contributed by atoms with Crippen molar-refractivity contribution < 1.29 is 9.47 Å². The van der Waals surface area contributed by atoms with Crippen LogP contribution in [0.25, 0.3) is 5.70 Å². The van der Waals surface area contributed by atoms with E-state index >= 15 is 0 Å². The second-order valence-corrected chi connectivity index (χ2v) is 10.6. The third-order valence-electron chi connectivity index (χ3n) is 7.74. The molecule has 0 amide bonds. The lowest BCUT2D eigenvalue weighted by molar-refractivity contribution is 0.0175. The predicted octanol–water partition coefficient (Wildman–Crippen LogP) is 4.85. The largest absolute Gasteiger partial charge is 0.486 e. The van der Waals surface area contributed by atoms with E-state index in [1.807, 2.05) is 18.2 Å². The summed E-state index contributed by atoms with van der Waals surface area (Å²) in [6.07, 6.45) is 6.56. The summed E-state index contributed by atoms with van der Waals surface area (Å²) < 4.78 is 12.3. The highest BCUT2D eigenvalue weighted by molar-refractivity contribution is 5.62. The molecule has 0 aliphatic carbocycles. The lowest BCUT2D eigenvalue weighted by Crippen LogP contribution is -2.46. The predicted molar refractivity (Wildman–Crippen MR) is 132 cm³/mol. The van der Waals surface area contributed by atoms with Crippen molar-refractivity contribution in [2.45, 2.75) is 51.7 Å². The molecule has 3 aliphatic heterocycles. The Kier molecular flexibility index (Phi) is 5.99. The molecule has 1 spiro atoms. The van der Waals surface area contributed by atoms with Gasteiger partial charge in [-0.15, -0.1) is 0 Å². The van der Waals surface area contributed by atoms with Gasteiger partial charge in [0.25, 0.3) is 0 Å². The number of hydrogen-bond acceptors (Lipinski definition) is 6. The van der Waals surface area contributed by atoms with Crippen LogP contribution in [0.5, 0.6) is 11.5 Å². The normalized spacial score (nSPS) is 21.1. The molecule has 0 N–H and O–H groups in total. The van der Waals surface area contributed by atoms with Crippen molar-refractivity contribution in [3.05, 3.63) is 59.9 Å². The third kappa shape index (κ3) is 4.63. The maximum atomic E-state index is 9.14. The third-order valence-corrected chi connectivity index (χ3v) is 7.74. The van der Waals surface area contributed by atoms with Crippen LogP contribution >= 0.6 is 0 Å². The number of pyridine rings is 1. The second-order valence-electron chi connectivity index (χ2n) is 10.6. The molecule has 1 aromatic heterocycles. The number of benzene rings is 1. The average Bonchev–Trinajstić information content (AvgIpc) is 2.85. The summed E-state index contributed by atoms with van der Waals surface area (Å²) in [6, 6.07) is 12.2. The Bertz CT molecular complexity index is 1100. The van der Waals surface area contributed by atoms with Crippen molar-refractivity contribution in [1.29, 1.82) is 5.26 Å². The van der Waals surface area contributed by atoms with E-state index in [0.717, 1.165) is 55.5 Å². The molecule has 6 heteroatoms. The van der Waals surface area contributed by atoms with Gasteiger partial charge in [0.15, 0.2) is 11.5 Å². The van der Waals surface area contributed by atoms with Gasteiger partial charge in [0.05, 0.1) is 0 Å². The minimum absolute atomic E-state index is 0.292. The lowest BCUT2D eigenvalue weighted by Gasteiger charge is -2.48. The Morgan fingerprint density at radius 2 is 1.85 bits per heavy atom. The zero-order chi connectivity index (χ0) is 23.8. The number of likely N-dealkylation sites (tertiary alicyclic amines) is 2. The molecule has 0 unspecified atom stereocenters.